The number of amides is 1. The third-order valence-corrected chi connectivity index (χ3v) is 3.85. The average molecular weight is 273 g/mol. The van der Waals surface area contributed by atoms with E-state index in [1.165, 1.54) is 0 Å². The molecule has 0 spiro atoms. The molecule has 0 aliphatic carbocycles. The molecule has 0 aliphatic heterocycles. The molecule has 0 atom stereocenters. The summed E-state index contributed by atoms with van der Waals surface area (Å²) in [5.41, 5.74) is 11.8. The SMILES string of the molecule is CC(C)CCSc1c(Cl)cc(N)cc1C(N)=O. The summed E-state index contributed by atoms with van der Waals surface area (Å²) in [7, 11) is 0. The van der Waals surface area contributed by atoms with E-state index in [0.29, 0.717) is 22.2 Å². The number of nitrogen functional groups attached to an aromatic ring is 1. The van der Waals surface area contributed by atoms with Crippen LogP contribution in [0.2, 0.25) is 5.02 Å². The molecular formula is C12H17ClN2OS. The predicted octanol–water partition coefficient (Wildman–Crippen LogP) is 3.16. The van der Waals surface area contributed by atoms with Gasteiger partial charge in [0.25, 0.3) is 0 Å². The number of thioether (sulfide) groups is 1. The second-order valence-electron chi connectivity index (χ2n) is 4.27. The van der Waals surface area contributed by atoms with Crippen LogP contribution in [0.15, 0.2) is 17.0 Å². The molecule has 1 rings (SSSR count). The lowest BCUT2D eigenvalue weighted by atomic mass is 10.2. The molecule has 0 saturated heterocycles. The van der Waals surface area contributed by atoms with Gasteiger partial charge < -0.3 is 11.5 Å². The fourth-order valence-corrected chi connectivity index (χ4v) is 3.04. The van der Waals surface area contributed by atoms with Crippen molar-refractivity contribution in [2.45, 2.75) is 25.2 Å². The molecule has 0 aromatic heterocycles. The first-order valence-corrected chi connectivity index (χ1v) is 6.79. The molecule has 94 valence electrons. The van der Waals surface area contributed by atoms with Crippen molar-refractivity contribution in [3.63, 3.8) is 0 Å². The lowest BCUT2D eigenvalue weighted by Gasteiger charge is -2.10. The van der Waals surface area contributed by atoms with Crippen molar-refractivity contribution in [1.29, 1.82) is 0 Å². The van der Waals surface area contributed by atoms with Crippen molar-refractivity contribution < 1.29 is 4.79 Å². The second kappa shape index (κ2) is 6.17. The molecule has 3 nitrogen and oxygen atoms in total. The largest absolute Gasteiger partial charge is 0.399 e. The highest BCUT2D eigenvalue weighted by molar-refractivity contribution is 7.99. The van der Waals surface area contributed by atoms with Gasteiger partial charge in [-0.25, -0.2) is 0 Å². The standard InChI is InChI=1S/C12H17ClN2OS/c1-7(2)3-4-17-11-9(12(15)16)5-8(14)6-10(11)13/h5-7H,3-4,14H2,1-2H3,(H2,15,16). The van der Waals surface area contributed by atoms with Gasteiger partial charge in [0, 0.05) is 10.6 Å². The first-order valence-electron chi connectivity index (χ1n) is 5.43. The normalized spacial score (nSPS) is 10.8. The number of carbonyl (C=O) groups excluding carboxylic acids is 1. The molecule has 1 aromatic rings. The van der Waals surface area contributed by atoms with Crippen molar-refractivity contribution in [3.8, 4) is 0 Å². The van der Waals surface area contributed by atoms with Crippen LogP contribution in [-0.2, 0) is 0 Å². The van der Waals surface area contributed by atoms with Crippen LogP contribution < -0.4 is 11.5 Å². The van der Waals surface area contributed by atoms with E-state index in [1.54, 1.807) is 23.9 Å². The van der Waals surface area contributed by atoms with E-state index in [1.807, 2.05) is 0 Å². The van der Waals surface area contributed by atoms with Gasteiger partial charge in [-0.15, -0.1) is 11.8 Å². The quantitative estimate of drug-likeness (QED) is 0.639. The van der Waals surface area contributed by atoms with Gasteiger partial charge in [-0.05, 0) is 30.2 Å². The maximum Gasteiger partial charge on any atom is 0.249 e. The zero-order chi connectivity index (χ0) is 13.0. The predicted molar refractivity (Wildman–Crippen MR) is 74.6 cm³/mol. The third-order valence-electron chi connectivity index (χ3n) is 2.27. The molecule has 0 saturated carbocycles. The zero-order valence-corrected chi connectivity index (χ0v) is 11.6. The van der Waals surface area contributed by atoms with Crippen molar-refractivity contribution in [1.82, 2.24) is 0 Å². The number of benzene rings is 1. The maximum atomic E-state index is 11.3. The van der Waals surface area contributed by atoms with Gasteiger partial charge in [-0.1, -0.05) is 25.4 Å². The molecule has 5 heteroatoms. The molecular weight excluding hydrogens is 256 g/mol. The van der Waals surface area contributed by atoms with Crippen LogP contribution in [0.5, 0.6) is 0 Å². The number of hydrogen-bond acceptors (Lipinski definition) is 3. The second-order valence-corrected chi connectivity index (χ2v) is 5.79. The Balaban J connectivity index is 2.92. The Morgan fingerprint density at radius 3 is 2.65 bits per heavy atom. The van der Waals surface area contributed by atoms with Gasteiger partial charge in [0.05, 0.1) is 10.6 Å². The molecule has 1 aromatic carbocycles. The van der Waals surface area contributed by atoms with E-state index in [0.717, 1.165) is 17.1 Å². The highest BCUT2D eigenvalue weighted by atomic mass is 35.5. The van der Waals surface area contributed by atoms with E-state index < -0.39 is 5.91 Å². The number of hydrogen-bond donors (Lipinski definition) is 2. The Hall–Kier alpha value is -0.870. The van der Waals surface area contributed by atoms with E-state index in [-0.39, 0.29) is 0 Å². The topological polar surface area (TPSA) is 69.1 Å². The minimum atomic E-state index is -0.494. The third kappa shape index (κ3) is 4.13. The first-order chi connectivity index (χ1) is 7.91. The number of nitrogens with two attached hydrogens (primary N) is 2. The van der Waals surface area contributed by atoms with E-state index >= 15 is 0 Å². The Labute approximate surface area is 111 Å². The fraction of sp³-hybridized carbons (Fsp3) is 0.417. The highest BCUT2D eigenvalue weighted by Crippen LogP contribution is 2.33. The number of rotatable bonds is 5. The van der Waals surface area contributed by atoms with E-state index in [9.17, 15) is 4.79 Å². The van der Waals surface area contributed by atoms with Gasteiger partial charge >= 0.3 is 0 Å². The summed E-state index contributed by atoms with van der Waals surface area (Å²) in [5.74, 6) is 1.03. The van der Waals surface area contributed by atoms with Gasteiger partial charge in [0.1, 0.15) is 0 Å². The summed E-state index contributed by atoms with van der Waals surface area (Å²) in [6.07, 6.45) is 1.06. The van der Waals surface area contributed by atoms with Crippen molar-refractivity contribution in [3.05, 3.63) is 22.7 Å². The van der Waals surface area contributed by atoms with E-state index in [2.05, 4.69) is 13.8 Å². The summed E-state index contributed by atoms with van der Waals surface area (Å²) < 4.78 is 0. The monoisotopic (exact) mass is 272 g/mol. The average Bonchev–Trinajstić information content (AvgIpc) is 2.19. The number of carbonyl (C=O) groups is 1. The molecule has 0 fully saturated rings. The van der Waals surface area contributed by atoms with Crippen LogP contribution in [0.1, 0.15) is 30.6 Å². The lowest BCUT2D eigenvalue weighted by Crippen LogP contribution is -2.13. The Bertz CT molecular complexity index is 421. The lowest BCUT2D eigenvalue weighted by molar-refractivity contribution is 0.0997. The smallest absolute Gasteiger partial charge is 0.249 e. The van der Waals surface area contributed by atoms with Gasteiger partial charge in [0.2, 0.25) is 5.91 Å². The Kier molecular flexibility index (Phi) is 5.15. The van der Waals surface area contributed by atoms with Crippen LogP contribution >= 0.6 is 23.4 Å². The Morgan fingerprint density at radius 1 is 1.47 bits per heavy atom. The molecule has 17 heavy (non-hydrogen) atoms. The number of anilines is 1. The first kappa shape index (κ1) is 14.2. The molecule has 1 amide bonds. The van der Waals surface area contributed by atoms with Gasteiger partial charge in [-0.3, -0.25) is 4.79 Å². The van der Waals surface area contributed by atoms with Crippen molar-refractivity contribution in [2.24, 2.45) is 11.7 Å². The minimum Gasteiger partial charge on any atom is -0.399 e. The molecule has 0 unspecified atom stereocenters. The zero-order valence-electron chi connectivity index (χ0n) is 10.00. The molecule has 0 radical (unpaired) electrons. The minimum absolute atomic E-state index is 0.406. The van der Waals surface area contributed by atoms with Crippen molar-refractivity contribution >= 4 is 35.0 Å². The van der Waals surface area contributed by atoms with Crippen LogP contribution in [0, 0.1) is 5.92 Å². The summed E-state index contributed by atoms with van der Waals surface area (Å²) in [6.45, 7) is 4.31. The summed E-state index contributed by atoms with van der Waals surface area (Å²) in [4.78, 5) is 12.0. The van der Waals surface area contributed by atoms with Crippen LogP contribution in [-0.4, -0.2) is 11.7 Å². The molecule has 0 heterocycles. The van der Waals surface area contributed by atoms with Gasteiger partial charge in [0.15, 0.2) is 0 Å². The van der Waals surface area contributed by atoms with E-state index in [4.69, 9.17) is 23.1 Å². The number of primary amides is 1. The summed E-state index contributed by atoms with van der Waals surface area (Å²) in [6, 6.07) is 3.22. The number of halogens is 1. The fourth-order valence-electron chi connectivity index (χ4n) is 1.34. The van der Waals surface area contributed by atoms with Crippen LogP contribution in [0.4, 0.5) is 5.69 Å². The summed E-state index contributed by atoms with van der Waals surface area (Å²) in [5, 5.41) is 0.493. The molecule has 0 bridgehead atoms. The van der Waals surface area contributed by atoms with Crippen LogP contribution in [0.25, 0.3) is 0 Å². The summed E-state index contributed by atoms with van der Waals surface area (Å²) >= 11 is 7.64. The maximum absolute atomic E-state index is 11.3. The van der Waals surface area contributed by atoms with Crippen LogP contribution in [0.3, 0.4) is 0 Å². The molecule has 0 aliphatic rings. The van der Waals surface area contributed by atoms with Crippen molar-refractivity contribution in [2.75, 3.05) is 11.5 Å². The highest BCUT2D eigenvalue weighted by Gasteiger charge is 2.13. The molecule has 4 N–H and O–H groups in total. The Morgan fingerprint density at radius 2 is 2.12 bits per heavy atom. The van der Waals surface area contributed by atoms with Gasteiger partial charge in [-0.2, -0.15) is 0 Å².